The lowest BCUT2D eigenvalue weighted by Gasteiger charge is -2.28. The normalized spacial score (nSPS) is 24.6. The van der Waals surface area contributed by atoms with E-state index in [4.69, 9.17) is 4.74 Å². The van der Waals surface area contributed by atoms with Crippen LogP contribution in [-0.2, 0) is 4.74 Å². The number of rotatable bonds is 7. The first-order valence-corrected chi connectivity index (χ1v) is 8.00. The number of hydrogen-bond acceptors (Lipinski definition) is 3. The minimum atomic E-state index is 0.320. The van der Waals surface area contributed by atoms with Crippen molar-refractivity contribution in [1.82, 2.24) is 9.55 Å². The molecule has 2 rings (SSSR count). The van der Waals surface area contributed by atoms with Crippen molar-refractivity contribution in [2.24, 2.45) is 11.8 Å². The van der Waals surface area contributed by atoms with E-state index in [9.17, 15) is 0 Å². The number of aromatic nitrogens is 2. The lowest BCUT2D eigenvalue weighted by molar-refractivity contribution is 0.163. The quantitative estimate of drug-likeness (QED) is 0.827. The van der Waals surface area contributed by atoms with Crippen molar-refractivity contribution in [2.45, 2.75) is 52.0 Å². The molecule has 1 heterocycles. The van der Waals surface area contributed by atoms with Gasteiger partial charge in [0.1, 0.15) is 0 Å². The minimum absolute atomic E-state index is 0.320. The second kappa shape index (κ2) is 7.67. The summed E-state index contributed by atoms with van der Waals surface area (Å²) in [6, 6.07) is 0.320. The fourth-order valence-electron chi connectivity index (χ4n) is 3.21. The Hall–Kier alpha value is -1.03. The topological polar surface area (TPSA) is 39.1 Å². The van der Waals surface area contributed by atoms with Gasteiger partial charge in [-0.1, -0.05) is 26.2 Å². The van der Waals surface area contributed by atoms with E-state index in [1.165, 1.54) is 32.1 Å². The standard InChI is InChI=1S/C16H29N3O/c1-4-14-5-7-15(8-6-14)11-18-16-17-9-10-19(16)13(2)12-20-3/h9-10,13-15H,4-8,11-12H2,1-3H3,(H,17,18). The van der Waals surface area contributed by atoms with Crippen LogP contribution < -0.4 is 5.32 Å². The SMILES string of the molecule is CCC1CCC(CNc2nccn2C(C)COC)CC1. The molecule has 0 aliphatic heterocycles. The molecule has 4 nitrogen and oxygen atoms in total. The van der Waals surface area contributed by atoms with Crippen molar-refractivity contribution in [3.8, 4) is 0 Å². The molecule has 0 spiro atoms. The maximum absolute atomic E-state index is 5.22. The summed E-state index contributed by atoms with van der Waals surface area (Å²) in [5.41, 5.74) is 0. The molecule has 4 heteroatoms. The van der Waals surface area contributed by atoms with Gasteiger partial charge >= 0.3 is 0 Å². The van der Waals surface area contributed by atoms with Gasteiger partial charge in [-0.25, -0.2) is 4.98 Å². The largest absolute Gasteiger partial charge is 0.383 e. The molecule has 0 amide bonds. The summed E-state index contributed by atoms with van der Waals surface area (Å²) >= 11 is 0. The van der Waals surface area contributed by atoms with Gasteiger partial charge in [-0.3, -0.25) is 0 Å². The third kappa shape index (κ3) is 3.98. The van der Waals surface area contributed by atoms with Crippen LogP contribution in [0.25, 0.3) is 0 Å². The molecule has 0 saturated heterocycles. The highest BCUT2D eigenvalue weighted by atomic mass is 16.5. The van der Waals surface area contributed by atoms with Gasteiger partial charge in [-0.2, -0.15) is 0 Å². The molecule has 1 aromatic rings. The first kappa shape index (κ1) is 15.4. The molecule has 1 saturated carbocycles. The Morgan fingerprint density at radius 1 is 1.35 bits per heavy atom. The zero-order valence-electron chi connectivity index (χ0n) is 13.1. The van der Waals surface area contributed by atoms with E-state index in [-0.39, 0.29) is 0 Å². The van der Waals surface area contributed by atoms with E-state index >= 15 is 0 Å². The van der Waals surface area contributed by atoms with Crippen LogP contribution in [0.4, 0.5) is 5.95 Å². The lowest BCUT2D eigenvalue weighted by atomic mass is 9.81. The first-order valence-electron chi connectivity index (χ1n) is 8.00. The second-order valence-electron chi connectivity index (χ2n) is 6.14. The summed E-state index contributed by atoms with van der Waals surface area (Å²) in [5, 5.41) is 3.53. The van der Waals surface area contributed by atoms with Crippen molar-refractivity contribution in [1.29, 1.82) is 0 Å². The minimum Gasteiger partial charge on any atom is -0.383 e. The van der Waals surface area contributed by atoms with Crippen molar-refractivity contribution in [3.63, 3.8) is 0 Å². The van der Waals surface area contributed by atoms with Crippen LogP contribution in [0, 0.1) is 11.8 Å². The molecular weight excluding hydrogens is 250 g/mol. The van der Waals surface area contributed by atoms with E-state index < -0.39 is 0 Å². The molecule has 1 fully saturated rings. The monoisotopic (exact) mass is 279 g/mol. The van der Waals surface area contributed by atoms with E-state index in [0.717, 1.165) is 24.3 Å². The summed E-state index contributed by atoms with van der Waals surface area (Å²) in [6.45, 7) is 6.24. The molecule has 20 heavy (non-hydrogen) atoms. The van der Waals surface area contributed by atoms with Crippen LogP contribution in [0.5, 0.6) is 0 Å². The summed E-state index contributed by atoms with van der Waals surface area (Å²) in [7, 11) is 1.74. The van der Waals surface area contributed by atoms with Gasteiger partial charge in [-0.05, 0) is 31.6 Å². The van der Waals surface area contributed by atoms with Gasteiger partial charge in [0.05, 0.1) is 12.6 Å². The fraction of sp³-hybridized carbons (Fsp3) is 0.812. The number of nitrogens with zero attached hydrogens (tertiary/aromatic N) is 2. The molecule has 1 N–H and O–H groups in total. The van der Waals surface area contributed by atoms with Crippen LogP contribution in [0.15, 0.2) is 12.4 Å². The molecule has 0 bridgehead atoms. The molecule has 1 aromatic heterocycles. The number of hydrogen-bond donors (Lipinski definition) is 1. The Kier molecular flexibility index (Phi) is 5.89. The highest BCUT2D eigenvalue weighted by molar-refractivity contribution is 5.26. The number of ether oxygens (including phenoxy) is 1. The number of methoxy groups -OCH3 is 1. The number of nitrogens with one attached hydrogen (secondary N) is 1. The highest BCUT2D eigenvalue weighted by Crippen LogP contribution is 2.30. The van der Waals surface area contributed by atoms with Crippen molar-refractivity contribution >= 4 is 5.95 Å². The Morgan fingerprint density at radius 3 is 2.70 bits per heavy atom. The van der Waals surface area contributed by atoms with Gasteiger partial charge in [0, 0.05) is 26.0 Å². The molecule has 0 aromatic carbocycles. The van der Waals surface area contributed by atoms with E-state index in [1.54, 1.807) is 7.11 Å². The molecule has 1 atom stereocenters. The average molecular weight is 279 g/mol. The van der Waals surface area contributed by atoms with Crippen LogP contribution >= 0.6 is 0 Å². The molecule has 1 aliphatic rings. The highest BCUT2D eigenvalue weighted by Gasteiger charge is 2.20. The summed E-state index contributed by atoms with van der Waals surface area (Å²) in [4.78, 5) is 4.43. The van der Waals surface area contributed by atoms with E-state index in [2.05, 4.69) is 28.7 Å². The zero-order valence-corrected chi connectivity index (χ0v) is 13.1. The summed E-state index contributed by atoms with van der Waals surface area (Å²) in [5.74, 6) is 2.75. The maximum Gasteiger partial charge on any atom is 0.203 e. The zero-order chi connectivity index (χ0) is 14.4. The van der Waals surface area contributed by atoms with Crippen molar-refractivity contribution in [2.75, 3.05) is 25.6 Å². The maximum atomic E-state index is 5.22. The third-order valence-corrected chi connectivity index (χ3v) is 4.64. The molecule has 114 valence electrons. The molecule has 0 radical (unpaired) electrons. The Labute approximate surface area is 122 Å². The van der Waals surface area contributed by atoms with Crippen LogP contribution in [0.1, 0.15) is 52.0 Å². The van der Waals surface area contributed by atoms with Gasteiger partial charge < -0.3 is 14.6 Å². The van der Waals surface area contributed by atoms with Crippen molar-refractivity contribution in [3.05, 3.63) is 12.4 Å². The number of anilines is 1. The smallest absolute Gasteiger partial charge is 0.203 e. The van der Waals surface area contributed by atoms with Gasteiger partial charge in [0.15, 0.2) is 0 Å². The molecule has 1 aliphatic carbocycles. The van der Waals surface area contributed by atoms with Crippen molar-refractivity contribution < 1.29 is 4.74 Å². The Morgan fingerprint density at radius 2 is 2.05 bits per heavy atom. The Bertz CT molecular complexity index is 383. The summed E-state index contributed by atoms with van der Waals surface area (Å²) < 4.78 is 7.39. The predicted octanol–water partition coefficient (Wildman–Crippen LogP) is 3.72. The van der Waals surface area contributed by atoms with Crippen LogP contribution in [0.2, 0.25) is 0 Å². The summed E-state index contributed by atoms with van der Waals surface area (Å²) in [6.07, 6.45) is 10.8. The van der Waals surface area contributed by atoms with Gasteiger partial charge in [0.2, 0.25) is 5.95 Å². The van der Waals surface area contributed by atoms with E-state index in [0.29, 0.717) is 12.6 Å². The first-order chi connectivity index (χ1) is 9.74. The second-order valence-corrected chi connectivity index (χ2v) is 6.14. The average Bonchev–Trinajstić information content (AvgIpc) is 2.94. The third-order valence-electron chi connectivity index (χ3n) is 4.64. The van der Waals surface area contributed by atoms with Crippen LogP contribution in [-0.4, -0.2) is 29.8 Å². The Balaban J connectivity index is 1.81. The molecular formula is C16H29N3O. The van der Waals surface area contributed by atoms with Gasteiger partial charge in [0.25, 0.3) is 0 Å². The van der Waals surface area contributed by atoms with Gasteiger partial charge in [-0.15, -0.1) is 0 Å². The van der Waals surface area contributed by atoms with Crippen LogP contribution in [0.3, 0.4) is 0 Å². The van der Waals surface area contributed by atoms with E-state index in [1.807, 2.05) is 12.4 Å². The fourth-order valence-corrected chi connectivity index (χ4v) is 3.21. The molecule has 1 unspecified atom stereocenters. The lowest BCUT2D eigenvalue weighted by Crippen LogP contribution is -2.23. The number of imidazole rings is 1. The predicted molar refractivity (Wildman–Crippen MR) is 83.0 cm³/mol.